The summed E-state index contributed by atoms with van der Waals surface area (Å²) in [4.78, 5) is 23.6. The van der Waals surface area contributed by atoms with Crippen LogP contribution in [0, 0.1) is 13.8 Å². The van der Waals surface area contributed by atoms with Crippen LogP contribution in [0.5, 0.6) is 5.75 Å². The lowest BCUT2D eigenvalue weighted by Crippen LogP contribution is -2.14. The van der Waals surface area contributed by atoms with Crippen LogP contribution in [-0.2, 0) is 0 Å². The maximum Gasteiger partial charge on any atom is 0.409 e. The van der Waals surface area contributed by atoms with Gasteiger partial charge < -0.3 is 9.84 Å². The molecule has 5 heteroatoms. The zero-order valence-corrected chi connectivity index (χ0v) is 16.3. The number of Topliss-reactive ketones (excluding diaryl/α,β-unsaturated/α-hetero) is 1. The van der Waals surface area contributed by atoms with Crippen molar-refractivity contribution in [1.29, 1.82) is 0 Å². The first-order valence-corrected chi connectivity index (χ1v) is 9.12. The minimum absolute atomic E-state index is 0.0331. The Labute approximate surface area is 159 Å². The Kier molecular flexibility index (Phi) is 4.96. The van der Waals surface area contributed by atoms with E-state index in [-0.39, 0.29) is 11.7 Å². The lowest BCUT2D eigenvalue weighted by atomic mass is 9.85. The molecule has 2 aromatic carbocycles. The third kappa shape index (κ3) is 3.29. The molecule has 1 atom stereocenters. The zero-order chi connectivity index (χ0) is 19.9. The number of nitrogens with one attached hydrogen (secondary N) is 1. The standard InChI is InChI=1S/C22H25NO4/c1-11(2)15-6-8-16(9-7-15)17-10-27-21-18(14(5)24)12(3)20(23-22(25)26)13(4)19(17)21/h6-9,11,17,23H,10H2,1-5H3,(H,25,26). The maximum atomic E-state index is 12.3. The number of fused-ring (bicyclic) bond motifs is 1. The van der Waals surface area contributed by atoms with Crippen LogP contribution < -0.4 is 10.1 Å². The van der Waals surface area contributed by atoms with Gasteiger partial charge in [-0.2, -0.15) is 0 Å². The first kappa shape index (κ1) is 19.0. The van der Waals surface area contributed by atoms with Gasteiger partial charge in [0, 0.05) is 11.5 Å². The molecule has 0 radical (unpaired) electrons. The molecule has 1 aliphatic heterocycles. The van der Waals surface area contributed by atoms with E-state index >= 15 is 0 Å². The molecule has 3 rings (SSSR count). The highest BCUT2D eigenvalue weighted by Crippen LogP contribution is 2.47. The number of carbonyl (C=O) groups excluding carboxylic acids is 1. The average Bonchev–Trinajstić information content (AvgIpc) is 3.03. The first-order valence-electron chi connectivity index (χ1n) is 9.12. The number of rotatable bonds is 4. The number of benzene rings is 2. The Morgan fingerprint density at radius 1 is 1.15 bits per heavy atom. The molecule has 2 N–H and O–H groups in total. The largest absolute Gasteiger partial charge is 0.491 e. The van der Waals surface area contributed by atoms with Gasteiger partial charge in [0.15, 0.2) is 5.78 Å². The summed E-state index contributed by atoms with van der Waals surface area (Å²) in [7, 11) is 0. The van der Waals surface area contributed by atoms with Crippen molar-refractivity contribution in [2.24, 2.45) is 0 Å². The lowest BCUT2D eigenvalue weighted by Gasteiger charge is -2.20. The molecule has 1 aliphatic rings. The number of hydrogen-bond acceptors (Lipinski definition) is 3. The summed E-state index contributed by atoms with van der Waals surface area (Å²) in [6, 6.07) is 8.42. The number of hydrogen-bond donors (Lipinski definition) is 2. The van der Waals surface area contributed by atoms with Gasteiger partial charge >= 0.3 is 6.09 Å². The molecule has 142 valence electrons. The van der Waals surface area contributed by atoms with Crippen LogP contribution in [-0.4, -0.2) is 23.6 Å². The summed E-state index contributed by atoms with van der Waals surface area (Å²) < 4.78 is 5.96. The van der Waals surface area contributed by atoms with E-state index in [2.05, 4.69) is 43.4 Å². The highest BCUT2D eigenvalue weighted by Gasteiger charge is 2.34. The Hall–Kier alpha value is -2.82. The maximum absolute atomic E-state index is 12.3. The van der Waals surface area contributed by atoms with Gasteiger partial charge in [0.1, 0.15) is 5.75 Å². The molecule has 27 heavy (non-hydrogen) atoms. The van der Waals surface area contributed by atoms with Crippen molar-refractivity contribution < 1.29 is 19.4 Å². The molecule has 2 aromatic rings. The van der Waals surface area contributed by atoms with Crippen LogP contribution in [0.3, 0.4) is 0 Å². The van der Waals surface area contributed by atoms with Crippen LogP contribution in [0.15, 0.2) is 24.3 Å². The van der Waals surface area contributed by atoms with Gasteiger partial charge in [0.05, 0.1) is 17.9 Å². The van der Waals surface area contributed by atoms with E-state index in [1.165, 1.54) is 12.5 Å². The Balaban J connectivity index is 2.17. The number of anilines is 1. The van der Waals surface area contributed by atoms with Crippen molar-refractivity contribution in [3.05, 3.63) is 57.6 Å². The summed E-state index contributed by atoms with van der Waals surface area (Å²) in [5.41, 5.74) is 5.60. The molecular formula is C22H25NO4. The quantitative estimate of drug-likeness (QED) is 0.724. The Morgan fingerprint density at radius 3 is 2.30 bits per heavy atom. The number of ether oxygens (including phenoxy) is 1. The highest BCUT2D eigenvalue weighted by molar-refractivity contribution is 6.02. The molecule has 0 bridgehead atoms. The van der Waals surface area contributed by atoms with Gasteiger partial charge in [-0.15, -0.1) is 0 Å². The molecule has 1 heterocycles. The molecule has 0 aromatic heterocycles. The predicted molar refractivity (Wildman–Crippen MR) is 105 cm³/mol. The number of carboxylic acid groups (broad SMARTS) is 1. The second-order valence-electron chi connectivity index (χ2n) is 7.41. The zero-order valence-electron chi connectivity index (χ0n) is 16.3. The highest BCUT2D eigenvalue weighted by atomic mass is 16.5. The predicted octanol–water partition coefficient (Wildman–Crippen LogP) is 5.24. The molecule has 0 fully saturated rings. The van der Waals surface area contributed by atoms with Crippen LogP contribution in [0.4, 0.5) is 10.5 Å². The Morgan fingerprint density at radius 2 is 1.78 bits per heavy atom. The van der Waals surface area contributed by atoms with E-state index < -0.39 is 6.09 Å². The molecular weight excluding hydrogens is 342 g/mol. The second kappa shape index (κ2) is 7.06. The molecule has 0 spiro atoms. The third-order valence-corrected chi connectivity index (χ3v) is 5.33. The summed E-state index contributed by atoms with van der Waals surface area (Å²) >= 11 is 0. The SMILES string of the molecule is CC(=O)c1c(C)c(NC(=O)O)c(C)c2c1OCC2c1ccc(C(C)C)cc1. The van der Waals surface area contributed by atoms with Crippen molar-refractivity contribution in [3.63, 3.8) is 0 Å². The van der Waals surface area contributed by atoms with E-state index in [9.17, 15) is 14.7 Å². The summed E-state index contributed by atoms with van der Waals surface area (Å²) in [5.74, 6) is 0.875. The summed E-state index contributed by atoms with van der Waals surface area (Å²) in [6.45, 7) is 9.86. The fourth-order valence-electron chi connectivity index (χ4n) is 3.93. The van der Waals surface area contributed by atoms with Crippen LogP contribution in [0.25, 0.3) is 0 Å². The summed E-state index contributed by atoms with van der Waals surface area (Å²) in [6.07, 6.45) is -1.15. The van der Waals surface area contributed by atoms with Gasteiger partial charge in [-0.3, -0.25) is 10.1 Å². The number of amides is 1. The van der Waals surface area contributed by atoms with Gasteiger partial charge in [0.25, 0.3) is 0 Å². The normalized spacial score (nSPS) is 15.4. The van der Waals surface area contributed by atoms with E-state index in [1.807, 2.05) is 6.92 Å². The summed E-state index contributed by atoms with van der Waals surface area (Å²) in [5, 5.41) is 11.7. The fraction of sp³-hybridized carbons (Fsp3) is 0.364. The molecule has 0 saturated carbocycles. The molecule has 0 saturated heterocycles. The van der Waals surface area contributed by atoms with E-state index in [0.29, 0.717) is 35.1 Å². The minimum atomic E-state index is -1.15. The lowest BCUT2D eigenvalue weighted by molar-refractivity contribution is 0.101. The third-order valence-electron chi connectivity index (χ3n) is 5.33. The monoisotopic (exact) mass is 367 g/mol. The van der Waals surface area contributed by atoms with E-state index in [4.69, 9.17) is 4.74 Å². The van der Waals surface area contributed by atoms with Crippen molar-refractivity contribution in [1.82, 2.24) is 0 Å². The van der Waals surface area contributed by atoms with Crippen LogP contribution in [0.2, 0.25) is 0 Å². The number of ketones is 1. The number of carbonyl (C=O) groups is 2. The van der Waals surface area contributed by atoms with E-state index in [1.54, 1.807) is 6.92 Å². The van der Waals surface area contributed by atoms with Crippen molar-refractivity contribution >= 4 is 17.6 Å². The topological polar surface area (TPSA) is 75.6 Å². The molecule has 5 nitrogen and oxygen atoms in total. The van der Waals surface area contributed by atoms with Gasteiger partial charge in [0.2, 0.25) is 0 Å². The first-order chi connectivity index (χ1) is 12.7. The van der Waals surface area contributed by atoms with Gasteiger partial charge in [-0.05, 0) is 48.9 Å². The smallest absolute Gasteiger partial charge is 0.409 e. The van der Waals surface area contributed by atoms with Gasteiger partial charge in [-0.25, -0.2) is 4.79 Å². The van der Waals surface area contributed by atoms with E-state index in [0.717, 1.165) is 16.7 Å². The van der Waals surface area contributed by atoms with Gasteiger partial charge in [-0.1, -0.05) is 38.1 Å². The van der Waals surface area contributed by atoms with Crippen molar-refractivity contribution in [2.45, 2.75) is 46.5 Å². The van der Waals surface area contributed by atoms with Crippen molar-refractivity contribution in [3.8, 4) is 5.75 Å². The molecule has 1 amide bonds. The fourth-order valence-corrected chi connectivity index (χ4v) is 3.93. The second-order valence-corrected chi connectivity index (χ2v) is 7.41. The van der Waals surface area contributed by atoms with Crippen LogP contribution >= 0.6 is 0 Å². The molecule has 0 aliphatic carbocycles. The average molecular weight is 367 g/mol. The molecule has 1 unspecified atom stereocenters. The van der Waals surface area contributed by atoms with Crippen molar-refractivity contribution in [2.75, 3.05) is 11.9 Å². The minimum Gasteiger partial charge on any atom is -0.491 e. The van der Waals surface area contributed by atoms with Crippen LogP contribution in [0.1, 0.15) is 70.8 Å². The Bertz CT molecular complexity index is 913.